The minimum atomic E-state index is -0.206. The summed E-state index contributed by atoms with van der Waals surface area (Å²) in [5, 5.41) is 6.68. The number of amides is 1. The lowest BCUT2D eigenvalue weighted by Crippen LogP contribution is -2.29. The van der Waals surface area contributed by atoms with Gasteiger partial charge in [0.05, 0.1) is 6.61 Å². The lowest BCUT2D eigenvalue weighted by Gasteiger charge is -2.07. The lowest BCUT2D eigenvalue weighted by molar-refractivity contribution is 0.0936. The second-order valence-electron chi connectivity index (χ2n) is 4.88. The highest BCUT2D eigenvalue weighted by Gasteiger charge is 2.18. The number of nitrogens with zero attached hydrogens (tertiary/aromatic N) is 1. The molecule has 1 aliphatic heterocycles. The summed E-state index contributed by atoms with van der Waals surface area (Å²) >= 11 is 0. The number of ether oxygens (including phenoxy) is 1. The zero-order chi connectivity index (χ0) is 13.8. The van der Waals surface area contributed by atoms with Crippen molar-refractivity contribution in [2.24, 2.45) is 5.92 Å². The van der Waals surface area contributed by atoms with Gasteiger partial charge in [0, 0.05) is 30.7 Å². The Kier molecular flexibility index (Phi) is 3.78. The molecular formula is C15H16N2O3. The highest BCUT2D eigenvalue weighted by Crippen LogP contribution is 2.19. The fourth-order valence-electron chi connectivity index (χ4n) is 2.19. The predicted octanol–water partition coefficient (Wildman–Crippen LogP) is 2.11. The SMILES string of the molecule is O=C(NCC1CCOC1)c1cc(-c2ccccc2)on1. The van der Waals surface area contributed by atoms with E-state index in [0.717, 1.165) is 18.6 Å². The summed E-state index contributed by atoms with van der Waals surface area (Å²) in [6.45, 7) is 2.11. The molecule has 2 aromatic rings. The molecule has 104 valence electrons. The fraction of sp³-hybridized carbons (Fsp3) is 0.333. The molecule has 2 heterocycles. The molecule has 0 bridgehead atoms. The monoisotopic (exact) mass is 272 g/mol. The average Bonchev–Trinajstić information content (AvgIpc) is 3.17. The van der Waals surface area contributed by atoms with Crippen LogP contribution in [0.4, 0.5) is 0 Å². The van der Waals surface area contributed by atoms with Crippen LogP contribution in [0, 0.1) is 5.92 Å². The Bertz CT molecular complexity index is 574. The molecule has 1 N–H and O–H groups in total. The highest BCUT2D eigenvalue weighted by atomic mass is 16.5. The maximum absolute atomic E-state index is 12.0. The van der Waals surface area contributed by atoms with E-state index in [1.807, 2.05) is 30.3 Å². The van der Waals surface area contributed by atoms with E-state index in [1.165, 1.54) is 0 Å². The molecule has 1 fully saturated rings. The van der Waals surface area contributed by atoms with Gasteiger partial charge in [-0.15, -0.1) is 0 Å². The molecule has 5 heteroatoms. The molecule has 1 aromatic carbocycles. The second-order valence-corrected chi connectivity index (χ2v) is 4.88. The Hall–Kier alpha value is -2.14. The minimum Gasteiger partial charge on any atom is -0.381 e. The molecule has 1 unspecified atom stereocenters. The van der Waals surface area contributed by atoms with Crippen LogP contribution in [0.15, 0.2) is 40.9 Å². The topological polar surface area (TPSA) is 64.4 Å². The molecule has 5 nitrogen and oxygen atoms in total. The van der Waals surface area contributed by atoms with E-state index in [2.05, 4.69) is 10.5 Å². The molecule has 1 saturated heterocycles. The van der Waals surface area contributed by atoms with E-state index < -0.39 is 0 Å². The molecule has 0 radical (unpaired) electrons. The Morgan fingerprint density at radius 2 is 2.20 bits per heavy atom. The van der Waals surface area contributed by atoms with Crippen LogP contribution in [0.3, 0.4) is 0 Å². The van der Waals surface area contributed by atoms with Gasteiger partial charge in [-0.2, -0.15) is 0 Å². The average molecular weight is 272 g/mol. The minimum absolute atomic E-state index is 0.206. The van der Waals surface area contributed by atoms with Gasteiger partial charge in [0.1, 0.15) is 0 Å². The van der Waals surface area contributed by atoms with Gasteiger partial charge in [0.15, 0.2) is 11.5 Å². The van der Waals surface area contributed by atoms with Crippen molar-refractivity contribution in [2.75, 3.05) is 19.8 Å². The van der Waals surface area contributed by atoms with Gasteiger partial charge in [0.2, 0.25) is 0 Å². The number of carbonyl (C=O) groups excluding carboxylic acids is 1. The number of rotatable bonds is 4. The van der Waals surface area contributed by atoms with Crippen LogP contribution in [0.1, 0.15) is 16.9 Å². The van der Waals surface area contributed by atoms with Gasteiger partial charge in [-0.1, -0.05) is 35.5 Å². The van der Waals surface area contributed by atoms with Crippen molar-refractivity contribution < 1.29 is 14.1 Å². The van der Waals surface area contributed by atoms with Crippen LogP contribution in [0.2, 0.25) is 0 Å². The summed E-state index contributed by atoms with van der Waals surface area (Å²) in [4.78, 5) is 12.0. The fourth-order valence-corrected chi connectivity index (χ4v) is 2.19. The van der Waals surface area contributed by atoms with Crippen molar-refractivity contribution in [1.29, 1.82) is 0 Å². The van der Waals surface area contributed by atoms with E-state index in [1.54, 1.807) is 6.07 Å². The largest absolute Gasteiger partial charge is 0.381 e. The Labute approximate surface area is 116 Å². The third-order valence-electron chi connectivity index (χ3n) is 3.38. The van der Waals surface area contributed by atoms with Crippen molar-refractivity contribution in [2.45, 2.75) is 6.42 Å². The van der Waals surface area contributed by atoms with Crippen molar-refractivity contribution >= 4 is 5.91 Å². The molecular weight excluding hydrogens is 256 g/mol. The number of carbonyl (C=O) groups is 1. The third-order valence-corrected chi connectivity index (χ3v) is 3.38. The van der Waals surface area contributed by atoms with Crippen LogP contribution >= 0.6 is 0 Å². The number of benzene rings is 1. The number of hydrogen-bond donors (Lipinski definition) is 1. The van der Waals surface area contributed by atoms with Crippen molar-refractivity contribution in [3.05, 3.63) is 42.1 Å². The zero-order valence-corrected chi connectivity index (χ0v) is 11.0. The normalized spacial score (nSPS) is 18.1. The smallest absolute Gasteiger partial charge is 0.273 e. The van der Waals surface area contributed by atoms with Crippen LogP contribution in [-0.2, 0) is 4.74 Å². The standard InChI is InChI=1S/C15H16N2O3/c18-15(16-9-11-6-7-19-10-11)13-8-14(20-17-13)12-4-2-1-3-5-12/h1-5,8,11H,6-7,9-10H2,(H,16,18). The molecule has 1 atom stereocenters. The summed E-state index contributed by atoms with van der Waals surface area (Å²) in [6, 6.07) is 11.2. The summed E-state index contributed by atoms with van der Waals surface area (Å²) in [5.74, 6) is 0.794. The first-order chi connectivity index (χ1) is 9.83. The summed E-state index contributed by atoms with van der Waals surface area (Å²) in [7, 11) is 0. The molecule has 1 aromatic heterocycles. The number of hydrogen-bond acceptors (Lipinski definition) is 4. The van der Waals surface area contributed by atoms with Crippen molar-refractivity contribution in [3.63, 3.8) is 0 Å². The van der Waals surface area contributed by atoms with Gasteiger partial charge >= 0.3 is 0 Å². The molecule has 20 heavy (non-hydrogen) atoms. The summed E-state index contributed by atoms with van der Waals surface area (Å²) < 4.78 is 10.5. The Balaban J connectivity index is 1.62. The van der Waals surface area contributed by atoms with Crippen LogP contribution in [0.5, 0.6) is 0 Å². The van der Waals surface area contributed by atoms with Gasteiger partial charge in [0.25, 0.3) is 5.91 Å². The molecule has 0 spiro atoms. The first-order valence-electron chi connectivity index (χ1n) is 6.71. The highest BCUT2D eigenvalue weighted by molar-refractivity contribution is 5.93. The van der Waals surface area contributed by atoms with E-state index >= 15 is 0 Å². The van der Waals surface area contributed by atoms with Crippen molar-refractivity contribution in [3.8, 4) is 11.3 Å². The third kappa shape index (κ3) is 2.88. The number of aromatic nitrogens is 1. The second kappa shape index (κ2) is 5.88. The van der Waals surface area contributed by atoms with Crippen LogP contribution < -0.4 is 5.32 Å². The molecule has 1 amide bonds. The van der Waals surface area contributed by atoms with Gasteiger partial charge in [-0.05, 0) is 6.42 Å². The van der Waals surface area contributed by atoms with E-state index in [0.29, 0.717) is 30.5 Å². The van der Waals surface area contributed by atoms with Gasteiger partial charge in [-0.3, -0.25) is 4.79 Å². The predicted molar refractivity (Wildman–Crippen MR) is 73.2 cm³/mol. The summed E-state index contributed by atoms with van der Waals surface area (Å²) in [5.41, 5.74) is 1.21. The first-order valence-corrected chi connectivity index (χ1v) is 6.71. The van der Waals surface area contributed by atoms with E-state index in [9.17, 15) is 4.79 Å². The molecule has 1 aliphatic rings. The van der Waals surface area contributed by atoms with Crippen molar-refractivity contribution in [1.82, 2.24) is 10.5 Å². The van der Waals surface area contributed by atoms with E-state index in [-0.39, 0.29) is 5.91 Å². The maximum Gasteiger partial charge on any atom is 0.273 e. The zero-order valence-electron chi connectivity index (χ0n) is 11.0. The molecule has 0 saturated carbocycles. The van der Waals surface area contributed by atoms with Gasteiger partial charge in [-0.25, -0.2) is 0 Å². The van der Waals surface area contributed by atoms with Crippen LogP contribution in [-0.4, -0.2) is 30.8 Å². The Morgan fingerprint density at radius 1 is 1.35 bits per heavy atom. The Morgan fingerprint density at radius 3 is 2.95 bits per heavy atom. The van der Waals surface area contributed by atoms with Crippen LogP contribution in [0.25, 0.3) is 11.3 Å². The first kappa shape index (κ1) is 12.9. The lowest BCUT2D eigenvalue weighted by atomic mass is 10.1. The van der Waals surface area contributed by atoms with E-state index in [4.69, 9.17) is 9.26 Å². The van der Waals surface area contributed by atoms with Gasteiger partial charge < -0.3 is 14.6 Å². The maximum atomic E-state index is 12.0. The number of nitrogens with one attached hydrogen (secondary N) is 1. The molecule has 3 rings (SSSR count). The quantitative estimate of drug-likeness (QED) is 0.925. The molecule has 0 aliphatic carbocycles. The summed E-state index contributed by atoms with van der Waals surface area (Å²) in [6.07, 6.45) is 0.994.